The largest absolute Gasteiger partial charge is 0.416 e. The van der Waals surface area contributed by atoms with E-state index in [0.717, 1.165) is 44.0 Å². The number of hydrogen-bond acceptors (Lipinski definition) is 5. The molecule has 9 heteroatoms. The Bertz CT molecular complexity index is 963. The van der Waals surface area contributed by atoms with E-state index < -0.39 is 11.7 Å². The Morgan fingerprint density at radius 1 is 0.966 bits per heavy atom. The normalized spacial score (nSPS) is 15.7. The molecule has 5 nitrogen and oxygen atoms in total. The van der Waals surface area contributed by atoms with Crippen LogP contribution in [0.25, 0.3) is 11.4 Å². The van der Waals surface area contributed by atoms with Crippen LogP contribution >= 0.6 is 0 Å². The van der Waals surface area contributed by atoms with Gasteiger partial charge < -0.3 is 9.42 Å². The molecule has 0 radical (unpaired) electrons. The second-order valence-electron chi connectivity index (χ2n) is 6.83. The maximum absolute atomic E-state index is 13.1. The van der Waals surface area contributed by atoms with Gasteiger partial charge in [-0.15, -0.1) is 0 Å². The second kappa shape index (κ2) is 7.82. The van der Waals surface area contributed by atoms with Crippen LogP contribution in [0, 0.1) is 5.82 Å². The zero-order valence-corrected chi connectivity index (χ0v) is 15.4. The van der Waals surface area contributed by atoms with Crippen molar-refractivity contribution in [2.75, 3.05) is 31.1 Å². The van der Waals surface area contributed by atoms with Crippen LogP contribution in [0.15, 0.2) is 53.1 Å². The molecule has 2 heterocycles. The van der Waals surface area contributed by atoms with Gasteiger partial charge in [-0.1, -0.05) is 17.3 Å². The van der Waals surface area contributed by atoms with Crippen LogP contribution in [-0.2, 0) is 12.7 Å². The molecule has 3 aromatic rings. The first-order chi connectivity index (χ1) is 13.9. The number of hydrogen-bond donors (Lipinski definition) is 0. The van der Waals surface area contributed by atoms with Gasteiger partial charge in [-0.05, 0) is 36.4 Å². The lowest BCUT2D eigenvalue weighted by Gasteiger charge is -2.35. The van der Waals surface area contributed by atoms with E-state index in [2.05, 4.69) is 19.9 Å². The number of nitrogens with zero attached hydrogens (tertiary/aromatic N) is 4. The highest BCUT2D eigenvalue weighted by atomic mass is 19.4. The Balaban J connectivity index is 1.37. The van der Waals surface area contributed by atoms with Gasteiger partial charge >= 0.3 is 6.18 Å². The number of alkyl halides is 3. The standard InChI is InChI=1S/C20H18F4N4O/c21-16-4-6-17(7-5-16)28-10-8-27(9-11-28)13-18-25-19(26-29-18)14-2-1-3-15(12-14)20(22,23)24/h1-7,12H,8-11,13H2. The fourth-order valence-corrected chi connectivity index (χ4v) is 3.28. The van der Waals surface area contributed by atoms with E-state index in [0.29, 0.717) is 12.4 Å². The molecular formula is C20H18F4N4O. The van der Waals surface area contributed by atoms with Crippen LogP contribution in [0.5, 0.6) is 0 Å². The van der Waals surface area contributed by atoms with Gasteiger partial charge in [0.25, 0.3) is 0 Å². The summed E-state index contributed by atoms with van der Waals surface area (Å²) in [4.78, 5) is 8.54. The molecule has 2 aromatic carbocycles. The van der Waals surface area contributed by atoms with Gasteiger partial charge in [-0.2, -0.15) is 18.2 Å². The maximum Gasteiger partial charge on any atom is 0.416 e. The second-order valence-corrected chi connectivity index (χ2v) is 6.83. The Hall–Kier alpha value is -2.94. The van der Waals surface area contributed by atoms with Crippen molar-refractivity contribution in [2.45, 2.75) is 12.7 Å². The monoisotopic (exact) mass is 406 g/mol. The molecule has 152 valence electrons. The first kappa shape index (κ1) is 19.4. The summed E-state index contributed by atoms with van der Waals surface area (Å²) in [5, 5.41) is 3.82. The van der Waals surface area contributed by atoms with Gasteiger partial charge in [0.05, 0.1) is 12.1 Å². The average Bonchev–Trinajstić information content (AvgIpc) is 3.17. The van der Waals surface area contributed by atoms with Crippen LogP contribution in [0.2, 0.25) is 0 Å². The average molecular weight is 406 g/mol. The molecule has 29 heavy (non-hydrogen) atoms. The highest BCUT2D eigenvalue weighted by Crippen LogP contribution is 2.31. The van der Waals surface area contributed by atoms with Crippen molar-refractivity contribution in [3.05, 3.63) is 65.8 Å². The molecule has 4 rings (SSSR count). The van der Waals surface area contributed by atoms with Gasteiger partial charge in [0, 0.05) is 37.4 Å². The molecule has 1 fully saturated rings. The third-order valence-electron chi connectivity index (χ3n) is 4.84. The number of halogens is 4. The van der Waals surface area contributed by atoms with Gasteiger partial charge in [0.2, 0.25) is 11.7 Å². The Kier molecular flexibility index (Phi) is 5.23. The lowest BCUT2D eigenvalue weighted by Crippen LogP contribution is -2.46. The number of anilines is 1. The van der Waals surface area contributed by atoms with Gasteiger partial charge in [-0.25, -0.2) is 4.39 Å². The molecule has 0 saturated carbocycles. The van der Waals surface area contributed by atoms with Crippen LogP contribution in [0.4, 0.5) is 23.2 Å². The molecule has 1 aromatic heterocycles. The fourth-order valence-electron chi connectivity index (χ4n) is 3.28. The van der Waals surface area contributed by atoms with Crippen molar-refractivity contribution in [2.24, 2.45) is 0 Å². The van der Waals surface area contributed by atoms with Crippen LogP contribution in [-0.4, -0.2) is 41.2 Å². The molecular weight excluding hydrogens is 388 g/mol. The summed E-state index contributed by atoms with van der Waals surface area (Å²) in [6.45, 7) is 3.45. The van der Waals surface area contributed by atoms with Crippen molar-refractivity contribution >= 4 is 5.69 Å². The predicted octanol–water partition coefficient (Wildman–Crippen LogP) is 4.22. The minimum atomic E-state index is -4.42. The predicted molar refractivity (Wildman–Crippen MR) is 98.6 cm³/mol. The van der Waals surface area contributed by atoms with Gasteiger partial charge in [0.1, 0.15) is 5.82 Å². The van der Waals surface area contributed by atoms with Gasteiger partial charge in [0.15, 0.2) is 0 Å². The van der Waals surface area contributed by atoms with Crippen LogP contribution in [0.1, 0.15) is 11.5 Å². The zero-order valence-electron chi connectivity index (χ0n) is 15.4. The van der Waals surface area contributed by atoms with E-state index in [-0.39, 0.29) is 17.2 Å². The van der Waals surface area contributed by atoms with Crippen LogP contribution in [0.3, 0.4) is 0 Å². The highest BCUT2D eigenvalue weighted by Gasteiger charge is 2.31. The SMILES string of the molecule is Fc1ccc(N2CCN(Cc3nc(-c4cccc(C(F)(F)F)c4)no3)CC2)cc1. The summed E-state index contributed by atoms with van der Waals surface area (Å²) in [5.74, 6) is 0.226. The minimum Gasteiger partial charge on any atom is -0.369 e. The number of benzene rings is 2. The van der Waals surface area contributed by atoms with E-state index in [1.54, 1.807) is 12.1 Å². The van der Waals surface area contributed by atoms with E-state index in [4.69, 9.17) is 4.52 Å². The fraction of sp³-hybridized carbons (Fsp3) is 0.300. The third kappa shape index (κ3) is 4.56. The molecule has 0 unspecified atom stereocenters. The quantitative estimate of drug-likeness (QED) is 0.608. The Morgan fingerprint density at radius 3 is 2.38 bits per heavy atom. The summed E-state index contributed by atoms with van der Waals surface area (Å²) < 4.78 is 56.9. The van der Waals surface area contributed by atoms with Crippen molar-refractivity contribution in [3.8, 4) is 11.4 Å². The maximum atomic E-state index is 13.1. The van der Waals surface area contributed by atoms with Crippen LogP contribution < -0.4 is 4.90 Å². The summed E-state index contributed by atoms with van der Waals surface area (Å²) in [5.41, 5.74) is 0.477. The Morgan fingerprint density at radius 2 is 1.69 bits per heavy atom. The van der Waals surface area contributed by atoms with Gasteiger partial charge in [-0.3, -0.25) is 4.90 Å². The lowest BCUT2D eigenvalue weighted by atomic mass is 10.1. The smallest absolute Gasteiger partial charge is 0.369 e. The lowest BCUT2D eigenvalue weighted by molar-refractivity contribution is -0.137. The minimum absolute atomic E-state index is 0.135. The highest BCUT2D eigenvalue weighted by molar-refractivity contribution is 5.55. The summed E-state index contributed by atoms with van der Waals surface area (Å²) in [7, 11) is 0. The molecule has 1 aliphatic heterocycles. The van der Waals surface area contributed by atoms with E-state index in [1.165, 1.54) is 24.3 Å². The summed E-state index contributed by atoms with van der Waals surface area (Å²) >= 11 is 0. The van der Waals surface area contributed by atoms with E-state index >= 15 is 0 Å². The van der Waals surface area contributed by atoms with E-state index in [1.807, 2.05) is 0 Å². The van der Waals surface area contributed by atoms with Crippen molar-refractivity contribution in [3.63, 3.8) is 0 Å². The summed E-state index contributed by atoms with van der Waals surface area (Å²) in [6.07, 6.45) is -4.42. The number of rotatable bonds is 4. The topological polar surface area (TPSA) is 45.4 Å². The first-order valence-corrected chi connectivity index (χ1v) is 9.11. The Labute approximate surface area is 164 Å². The molecule has 0 amide bonds. The van der Waals surface area contributed by atoms with Crippen molar-refractivity contribution < 1.29 is 22.1 Å². The zero-order chi connectivity index (χ0) is 20.4. The molecule has 0 aliphatic carbocycles. The molecule has 0 N–H and O–H groups in total. The molecule has 1 saturated heterocycles. The molecule has 0 bridgehead atoms. The summed E-state index contributed by atoms with van der Waals surface area (Å²) in [6, 6.07) is 11.2. The number of piperazine rings is 1. The molecule has 0 spiro atoms. The van der Waals surface area contributed by atoms with Crippen molar-refractivity contribution in [1.82, 2.24) is 15.0 Å². The van der Waals surface area contributed by atoms with Crippen molar-refractivity contribution in [1.29, 1.82) is 0 Å². The number of aromatic nitrogens is 2. The molecule has 0 atom stereocenters. The molecule has 1 aliphatic rings. The van der Waals surface area contributed by atoms with E-state index in [9.17, 15) is 17.6 Å². The third-order valence-corrected chi connectivity index (χ3v) is 4.84. The first-order valence-electron chi connectivity index (χ1n) is 9.11.